The first-order chi connectivity index (χ1) is 7.75. The summed E-state index contributed by atoms with van der Waals surface area (Å²) in [6.07, 6.45) is 3.75. The number of pyridine rings is 1. The van der Waals surface area contributed by atoms with E-state index in [1.54, 1.807) is 6.07 Å². The lowest BCUT2D eigenvalue weighted by Crippen LogP contribution is -2.36. The number of thiol groups is 1. The summed E-state index contributed by atoms with van der Waals surface area (Å²) in [6, 6.07) is 13.0. The standard InChI is InChI=1S/C13H11NOS/c15-13(10-14-7-2-1-3-8-14)11-5-4-6-12(16)9-11/h1-9H,10H2/p+1. The Morgan fingerprint density at radius 3 is 2.56 bits per heavy atom. The first-order valence-corrected chi connectivity index (χ1v) is 5.47. The molecular weight excluding hydrogens is 218 g/mol. The maximum absolute atomic E-state index is 11.9. The minimum Gasteiger partial charge on any atom is -0.287 e. The van der Waals surface area contributed by atoms with Crippen molar-refractivity contribution in [1.29, 1.82) is 0 Å². The van der Waals surface area contributed by atoms with Gasteiger partial charge in [0.2, 0.25) is 12.3 Å². The fraction of sp³-hybridized carbons (Fsp3) is 0.0769. The van der Waals surface area contributed by atoms with E-state index in [0.717, 1.165) is 4.90 Å². The molecule has 0 radical (unpaired) electrons. The largest absolute Gasteiger partial charge is 0.287 e. The van der Waals surface area contributed by atoms with Crippen molar-refractivity contribution in [3.05, 3.63) is 60.4 Å². The third-order valence-electron chi connectivity index (χ3n) is 2.27. The molecule has 2 nitrogen and oxygen atoms in total. The number of carbonyl (C=O) groups is 1. The molecule has 1 aromatic heterocycles. The smallest absolute Gasteiger partial charge is 0.227 e. The predicted molar refractivity (Wildman–Crippen MR) is 64.7 cm³/mol. The Balaban J connectivity index is 2.15. The maximum Gasteiger partial charge on any atom is 0.227 e. The third-order valence-corrected chi connectivity index (χ3v) is 2.55. The zero-order valence-corrected chi connectivity index (χ0v) is 9.60. The van der Waals surface area contributed by atoms with Crippen LogP contribution in [0.1, 0.15) is 10.4 Å². The van der Waals surface area contributed by atoms with Crippen LogP contribution in [-0.2, 0) is 6.54 Å². The summed E-state index contributed by atoms with van der Waals surface area (Å²) in [4.78, 5) is 12.7. The summed E-state index contributed by atoms with van der Waals surface area (Å²) in [7, 11) is 0. The average molecular weight is 230 g/mol. The highest BCUT2D eigenvalue weighted by atomic mass is 32.1. The number of benzene rings is 1. The lowest BCUT2D eigenvalue weighted by Gasteiger charge is -1.98. The van der Waals surface area contributed by atoms with Gasteiger partial charge in [0.05, 0.1) is 0 Å². The van der Waals surface area contributed by atoms with Gasteiger partial charge in [0, 0.05) is 22.6 Å². The number of Topliss-reactive ketones (excluding diaryl/α,β-unsaturated/α-hetero) is 1. The van der Waals surface area contributed by atoms with Gasteiger partial charge in [-0.15, -0.1) is 12.6 Å². The molecule has 0 aliphatic rings. The van der Waals surface area contributed by atoms with Gasteiger partial charge in [-0.1, -0.05) is 18.2 Å². The van der Waals surface area contributed by atoms with Gasteiger partial charge < -0.3 is 0 Å². The molecule has 0 unspecified atom stereocenters. The zero-order valence-electron chi connectivity index (χ0n) is 8.71. The van der Waals surface area contributed by atoms with Gasteiger partial charge in [-0.25, -0.2) is 0 Å². The zero-order chi connectivity index (χ0) is 11.4. The molecule has 0 N–H and O–H groups in total. The van der Waals surface area contributed by atoms with E-state index >= 15 is 0 Å². The molecule has 16 heavy (non-hydrogen) atoms. The van der Waals surface area contributed by atoms with Crippen LogP contribution in [0.4, 0.5) is 0 Å². The second-order valence-corrected chi connectivity index (χ2v) is 4.04. The van der Waals surface area contributed by atoms with Crippen LogP contribution in [0.15, 0.2) is 59.8 Å². The highest BCUT2D eigenvalue weighted by Gasteiger charge is 2.11. The van der Waals surface area contributed by atoms with E-state index in [2.05, 4.69) is 12.6 Å². The molecule has 0 fully saturated rings. The van der Waals surface area contributed by atoms with Gasteiger partial charge in [0.25, 0.3) is 0 Å². The molecular formula is C13H12NOS+. The summed E-state index contributed by atoms with van der Waals surface area (Å²) in [6.45, 7) is 0.359. The molecule has 2 aromatic rings. The lowest BCUT2D eigenvalue weighted by atomic mass is 10.1. The number of ketones is 1. The van der Waals surface area contributed by atoms with Crippen LogP contribution in [0.3, 0.4) is 0 Å². The highest BCUT2D eigenvalue weighted by molar-refractivity contribution is 7.80. The van der Waals surface area contributed by atoms with E-state index in [0.29, 0.717) is 12.1 Å². The molecule has 0 saturated carbocycles. The summed E-state index contributed by atoms with van der Waals surface area (Å²) in [5.74, 6) is 0.0899. The molecule has 0 amide bonds. The van der Waals surface area contributed by atoms with Crippen molar-refractivity contribution in [2.45, 2.75) is 11.4 Å². The topological polar surface area (TPSA) is 20.9 Å². The Morgan fingerprint density at radius 1 is 1.12 bits per heavy atom. The lowest BCUT2D eigenvalue weighted by molar-refractivity contribution is -0.683. The average Bonchev–Trinajstić information content (AvgIpc) is 2.30. The first-order valence-electron chi connectivity index (χ1n) is 5.02. The Kier molecular flexibility index (Phi) is 3.37. The van der Waals surface area contributed by atoms with Crippen molar-refractivity contribution in [2.75, 3.05) is 0 Å². The molecule has 0 aliphatic heterocycles. The van der Waals surface area contributed by atoms with Gasteiger partial charge in [-0.05, 0) is 12.1 Å². The second kappa shape index (κ2) is 4.94. The number of carbonyl (C=O) groups excluding carboxylic acids is 1. The quantitative estimate of drug-likeness (QED) is 0.487. The van der Waals surface area contributed by atoms with Gasteiger partial charge in [-0.2, -0.15) is 4.57 Å². The maximum atomic E-state index is 11.9. The third kappa shape index (κ3) is 2.70. The number of hydrogen-bond acceptors (Lipinski definition) is 2. The monoisotopic (exact) mass is 230 g/mol. The van der Waals surface area contributed by atoms with E-state index in [9.17, 15) is 4.79 Å². The van der Waals surface area contributed by atoms with Crippen LogP contribution in [0.5, 0.6) is 0 Å². The Bertz CT molecular complexity index is 496. The highest BCUT2D eigenvalue weighted by Crippen LogP contribution is 2.09. The Hall–Kier alpha value is -1.61. The van der Waals surface area contributed by atoms with Crippen LogP contribution in [0.25, 0.3) is 0 Å². The van der Waals surface area contributed by atoms with Gasteiger partial charge in [0.1, 0.15) is 0 Å². The van der Waals surface area contributed by atoms with Crippen molar-refractivity contribution >= 4 is 18.4 Å². The van der Waals surface area contributed by atoms with Crippen molar-refractivity contribution < 1.29 is 9.36 Å². The van der Waals surface area contributed by atoms with E-state index in [1.165, 1.54) is 0 Å². The van der Waals surface area contributed by atoms with Crippen LogP contribution in [0.2, 0.25) is 0 Å². The van der Waals surface area contributed by atoms with Gasteiger partial charge >= 0.3 is 0 Å². The van der Waals surface area contributed by atoms with Crippen molar-refractivity contribution in [1.82, 2.24) is 0 Å². The van der Waals surface area contributed by atoms with Crippen LogP contribution in [0, 0.1) is 0 Å². The molecule has 0 saturated heterocycles. The predicted octanol–water partition coefficient (Wildman–Crippen LogP) is 2.15. The normalized spacial score (nSPS) is 10.1. The van der Waals surface area contributed by atoms with E-state index in [-0.39, 0.29) is 5.78 Å². The molecule has 1 aromatic carbocycles. The van der Waals surface area contributed by atoms with E-state index in [1.807, 2.05) is 53.4 Å². The van der Waals surface area contributed by atoms with Crippen molar-refractivity contribution in [2.24, 2.45) is 0 Å². The summed E-state index contributed by atoms with van der Waals surface area (Å²) >= 11 is 4.22. The number of hydrogen-bond donors (Lipinski definition) is 1. The molecule has 0 atom stereocenters. The van der Waals surface area contributed by atoms with E-state index < -0.39 is 0 Å². The summed E-state index contributed by atoms with van der Waals surface area (Å²) in [5, 5.41) is 0. The molecule has 0 aliphatic carbocycles. The summed E-state index contributed by atoms with van der Waals surface area (Å²) in [5.41, 5.74) is 0.698. The first kappa shape index (κ1) is 10.9. The molecule has 0 bridgehead atoms. The number of nitrogens with zero attached hydrogens (tertiary/aromatic N) is 1. The Labute approximate surface area is 100.0 Å². The number of aromatic nitrogens is 1. The van der Waals surface area contributed by atoms with Crippen LogP contribution in [-0.4, -0.2) is 5.78 Å². The fourth-order valence-corrected chi connectivity index (χ4v) is 1.70. The number of rotatable bonds is 3. The molecule has 0 spiro atoms. The molecule has 1 heterocycles. The van der Waals surface area contributed by atoms with Gasteiger partial charge in [0.15, 0.2) is 12.4 Å². The Morgan fingerprint density at radius 2 is 1.88 bits per heavy atom. The summed E-state index contributed by atoms with van der Waals surface area (Å²) < 4.78 is 1.85. The van der Waals surface area contributed by atoms with Gasteiger partial charge in [-0.3, -0.25) is 4.79 Å². The van der Waals surface area contributed by atoms with Crippen molar-refractivity contribution in [3.8, 4) is 0 Å². The second-order valence-electron chi connectivity index (χ2n) is 3.52. The fourth-order valence-electron chi connectivity index (χ4n) is 1.48. The molecule has 3 heteroatoms. The van der Waals surface area contributed by atoms with Crippen molar-refractivity contribution in [3.63, 3.8) is 0 Å². The van der Waals surface area contributed by atoms with E-state index in [4.69, 9.17) is 0 Å². The minimum atomic E-state index is 0.0899. The molecule has 2 rings (SSSR count). The van der Waals surface area contributed by atoms with Crippen LogP contribution >= 0.6 is 12.6 Å². The van der Waals surface area contributed by atoms with Crippen LogP contribution < -0.4 is 4.57 Å². The molecule has 80 valence electrons. The minimum absolute atomic E-state index is 0.0899. The SMILES string of the molecule is O=C(C[n+]1ccccc1)c1cccc(S)c1.